The Morgan fingerprint density at radius 3 is 2.81 bits per heavy atom. The van der Waals surface area contributed by atoms with Gasteiger partial charge in [-0.1, -0.05) is 0 Å². The van der Waals surface area contributed by atoms with E-state index < -0.39 is 29.8 Å². The molecule has 0 spiro atoms. The third-order valence-corrected chi connectivity index (χ3v) is 3.96. The summed E-state index contributed by atoms with van der Waals surface area (Å²) < 4.78 is 18.5. The Labute approximate surface area is 129 Å². The van der Waals surface area contributed by atoms with E-state index in [0.717, 1.165) is 0 Å². The number of carboxylic acid groups (broad SMARTS) is 1. The van der Waals surface area contributed by atoms with Gasteiger partial charge in [0.25, 0.3) is 0 Å². The Balaban J connectivity index is 2.05. The van der Waals surface area contributed by atoms with Crippen molar-refractivity contribution in [3.63, 3.8) is 0 Å². The van der Waals surface area contributed by atoms with Crippen molar-refractivity contribution < 1.29 is 23.8 Å². The predicted molar refractivity (Wildman–Crippen MR) is 76.6 cm³/mol. The molecule has 21 heavy (non-hydrogen) atoms. The second kappa shape index (κ2) is 6.40. The lowest BCUT2D eigenvalue weighted by Gasteiger charge is -2.26. The smallest absolute Gasteiger partial charge is 0.321 e. The molecule has 1 aromatic rings. The number of hydrogen-bond donors (Lipinski definition) is 2. The van der Waals surface area contributed by atoms with Crippen LogP contribution in [-0.2, 0) is 9.53 Å². The number of urea groups is 1. The van der Waals surface area contributed by atoms with Gasteiger partial charge in [-0.3, -0.25) is 4.79 Å². The zero-order valence-corrected chi connectivity index (χ0v) is 12.8. The molecule has 1 aliphatic heterocycles. The first-order valence-electron chi connectivity index (χ1n) is 6.19. The molecular formula is C13H14BrFN2O4. The quantitative estimate of drug-likeness (QED) is 0.865. The molecule has 1 aliphatic rings. The Morgan fingerprint density at radius 1 is 1.48 bits per heavy atom. The lowest BCUT2D eigenvalue weighted by molar-refractivity contribution is -0.142. The van der Waals surface area contributed by atoms with Crippen molar-refractivity contribution in [2.24, 2.45) is 5.92 Å². The third kappa shape index (κ3) is 3.51. The Bertz CT molecular complexity index is 569. The molecule has 1 saturated heterocycles. The molecule has 1 heterocycles. The minimum Gasteiger partial charge on any atom is -0.481 e. The molecule has 2 unspecified atom stereocenters. The third-order valence-electron chi connectivity index (χ3n) is 3.36. The van der Waals surface area contributed by atoms with Crippen LogP contribution in [0.2, 0.25) is 0 Å². The molecule has 0 bridgehead atoms. The number of nitrogens with one attached hydrogen (secondary N) is 1. The maximum Gasteiger partial charge on any atom is 0.321 e. The van der Waals surface area contributed by atoms with Gasteiger partial charge < -0.3 is 20.1 Å². The SMILES string of the molecule is CN(C(=O)Nc1ccc(F)c(Br)c1)C1COCC1C(=O)O. The van der Waals surface area contributed by atoms with Crippen molar-refractivity contribution in [3.05, 3.63) is 28.5 Å². The summed E-state index contributed by atoms with van der Waals surface area (Å²) in [4.78, 5) is 24.5. The topological polar surface area (TPSA) is 78.9 Å². The van der Waals surface area contributed by atoms with E-state index in [4.69, 9.17) is 9.84 Å². The van der Waals surface area contributed by atoms with E-state index >= 15 is 0 Å². The summed E-state index contributed by atoms with van der Waals surface area (Å²) in [5, 5.41) is 11.7. The second-order valence-electron chi connectivity index (χ2n) is 4.72. The van der Waals surface area contributed by atoms with Gasteiger partial charge in [-0.2, -0.15) is 0 Å². The highest BCUT2D eigenvalue weighted by Gasteiger charge is 2.38. The van der Waals surface area contributed by atoms with Crippen LogP contribution in [0.4, 0.5) is 14.9 Å². The van der Waals surface area contributed by atoms with Crippen LogP contribution in [0.15, 0.2) is 22.7 Å². The van der Waals surface area contributed by atoms with Crippen LogP contribution in [0.5, 0.6) is 0 Å². The number of benzene rings is 1. The number of ether oxygens (including phenoxy) is 1. The molecule has 2 amide bonds. The molecule has 2 atom stereocenters. The number of rotatable bonds is 3. The van der Waals surface area contributed by atoms with E-state index in [9.17, 15) is 14.0 Å². The average molecular weight is 361 g/mol. The highest BCUT2D eigenvalue weighted by atomic mass is 79.9. The Morgan fingerprint density at radius 2 is 2.19 bits per heavy atom. The van der Waals surface area contributed by atoms with Gasteiger partial charge in [0.15, 0.2) is 0 Å². The lowest BCUT2D eigenvalue weighted by Crippen LogP contribution is -2.45. The minimum atomic E-state index is -0.998. The van der Waals surface area contributed by atoms with Crippen molar-refractivity contribution in [2.45, 2.75) is 6.04 Å². The normalized spacial score (nSPS) is 21.1. The van der Waals surface area contributed by atoms with E-state index in [1.807, 2.05) is 0 Å². The summed E-state index contributed by atoms with van der Waals surface area (Å²) in [7, 11) is 1.50. The van der Waals surface area contributed by atoms with Crippen LogP contribution in [0.25, 0.3) is 0 Å². The number of anilines is 1. The first-order valence-corrected chi connectivity index (χ1v) is 6.99. The standard InChI is InChI=1S/C13H14BrFN2O4/c1-17(11-6-21-5-8(11)12(18)19)13(20)16-7-2-3-10(15)9(14)4-7/h2-4,8,11H,5-6H2,1H3,(H,16,20)(H,18,19). The predicted octanol–water partition coefficient (Wildman–Crippen LogP) is 2.15. The van der Waals surface area contributed by atoms with Gasteiger partial charge in [0.1, 0.15) is 11.7 Å². The zero-order chi connectivity index (χ0) is 15.6. The van der Waals surface area contributed by atoms with Crippen LogP contribution in [0, 0.1) is 11.7 Å². The molecule has 114 valence electrons. The number of aliphatic carboxylic acids is 1. The Hall–Kier alpha value is -1.67. The van der Waals surface area contributed by atoms with Crippen molar-refractivity contribution >= 4 is 33.6 Å². The maximum absolute atomic E-state index is 13.1. The average Bonchev–Trinajstić information content (AvgIpc) is 2.91. The monoisotopic (exact) mass is 360 g/mol. The second-order valence-corrected chi connectivity index (χ2v) is 5.57. The van der Waals surface area contributed by atoms with E-state index in [1.54, 1.807) is 0 Å². The molecule has 0 saturated carbocycles. The van der Waals surface area contributed by atoms with E-state index in [2.05, 4.69) is 21.2 Å². The molecule has 0 aliphatic carbocycles. The fourth-order valence-corrected chi connectivity index (χ4v) is 2.48. The zero-order valence-electron chi connectivity index (χ0n) is 11.2. The number of carbonyl (C=O) groups excluding carboxylic acids is 1. The van der Waals surface area contributed by atoms with Crippen LogP contribution < -0.4 is 5.32 Å². The van der Waals surface area contributed by atoms with Gasteiger partial charge in [0.05, 0.1) is 23.7 Å². The van der Waals surface area contributed by atoms with Gasteiger partial charge in [-0.25, -0.2) is 9.18 Å². The van der Waals surface area contributed by atoms with Crippen molar-refractivity contribution in [1.29, 1.82) is 0 Å². The number of likely N-dealkylation sites (N-methyl/N-ethyl adjacent to an activating group) is 1. The number of amides is 2. The lowest BCUT2D eigenvalue weighted by atomic mass is 10.0. The number of hydrogen-bond acceptors (Lipinski definition) is 3. The number of carboxylic acids is 1. The van der Waals surface area contributed by atoms with Crippen LogP contribution >= 0.6 is 15.9 Å². The van der Waals surface area contributed by atoms with E-state index in [-0.39, 0.29) is 17.7 Å². The molecule has 1 fully saturated rings. The number of nitrogens with zero attached hydrogens (tertiary/aromatic N) is 1. The molecule has 1 aromatic carbocycles. The number of carbonyl (C=O) groups is 2. The highest BCUT2D eigenvalue weighted by Crippen LogP contribution is 2.22. The maximum atomic E-state index is 13.1. The summed E-state index contributed by atoms with van der Waals surface area (Å²) in [5.74, 6) is -2.18. The molecule has 8 heteroatoms. The van der Waals surface area contributed by atoms with E-state index in [0.29, 0.717) is 5.69 Å². The van der Waals surface area contributed by atoms with Gasteiger partial charge >= 0.3 is 12.0 Å². The van der Waals surface area contributed by atoms with Crippen LogP contribution in [0.1, 0.15) is 0 Å². The molecular weight excluding hydrogens is 347 g/mol. The first kappa shape index (κ1) is 15.7. The summed E-state index contributed by atoms with van der Waals surface area (Å²) in [5.41, 5.74) is 0.408. The Kier molecular flexibility index (Phi) is 4.79. The van der Waals surface area contributed by atoms with Gasteiger partial charge in [0.2, 0.25) is 0 Å². The van der Waals surface area contributed by atoms with Gasteiger partial charge in [-0.15, -0.1) is 0 Å². The summed E-state index contributed by atoms with van der Waals surface area (Å²) in [6.07, 6.45) is 0. The molecule has 6 nitrogen and oxygen atoms in total. The summed E-state index contributed by atoms with van der Waals surface area (Å²) in [6.45, 7) is 0.258. The van der Waals surface area contributed by atoms with Gasteiger partial charge in [-0.05, 0) is 34.1 Å². The highest BCUT2D eigenvalue weighted by molar-refractivity contribution is 9.10. The summed E-state index contributed by atoms with van der Waals surface area (Å²) >= 11 is 3.03. The fourth-order valence-electron chi connectivity index (χ4n) is 2.10. The van der Waals surface area contributed by atoms with Crippen LogP contribution in [0.3, 0.4) is 0 Å². The largest absolute Gasteiger partial charge is 0.481 e. The molecule has 0 radical (unpaired) electrons. The van der Waals surface area contributed by atoms with Crippen molar-refractivity contribution in [1.82, 2.24) is 4.90 Å². The van der Waals surface area contributed by atoms with Crippen LogP contribution in [-0.4, -0.2) is 48.3 Å². The minimum absolute atomic E-state index is 0.0831. The summed E-state index contributed by atoms with van der Waals surface area (Å²) in [6, 6.07) is 3.06. The fraction of sp³-hybridized carbons (Fsp3) is 0.385. The van der Waals surface area contributed by atoms with Crippen molar-refractivity contribution in [3.8, 4) is 0 Å². The molecule has 0 aromatic heterocycles. The first-order chi connectivity index (χ1) is 9.90. The number of halogens is 2. The van der Waals surface area contributed by atoms with E-state index in [1.165, 1.54) is 30.1 Å². The van der Waals surface area contributed by atoms with Crippen molar-refractivity contribution in [2.75, 3.05) is 25.6 Å². The molecule has 2 N–H and O–H groups in total. The molecule has 2 rings (SSSR count). The van der Waals surface area contributed by atoms with Gasteiger partial charge in [0, 0.05) is 12.7 Å².